The minimum absolute atomic E-state index is 0.000543. The van der Waals surface area contributed by atoms with Crippen molar-refractivity contribution in [2.45, 2.75) is 40.2 Å². The Hall–Kier alpha value is -1.51. The molecular formula is C17H28N4O3S. The van der Waals surface area contributed by atoms with Gasteiger partial charge in [-0.1, -0.05) is 20.8 Å². The summed E-state index contributed by atoms with van der Waals surface area (Å²) < 4.78 is 5.33. The first-order valence-corrected chi connectivity index (χ1v) is 9.55. The second-order valence-electron chi connectivity index (χ2n) is 7.19. The number of amides is 2. The molecule has 0 radical (unpaired) electrons. The van der Waals surface area contributed by atoms with Gasteiger partial charge in [0.15, 0.2) is 5.13 Å². The lowest BCUT2D eigenvalue weighted by atomic mass is 9.96. The fourth-order valence-electron chi connectivity index (χ4n) is 2.32. The summed E-state index contributed by atoms with van der Waals surface area (Å²) in [4.78, 5) is 30.5. The molecule has 0 aliphatic carbocycles. The van der Waals surface area contributed by atoms with E-state index in [4.69, 9.17) is 4.74 Å². The van der Waals surface area contributed by atoms with E-state index >= 15 is 0 Å². The highest BCUT2D eigenvalue weighted by Gasteiger charge is 2.20. The van der Waals surface area contributed by atoms with E-state index in [0.717, 1.165) is 38.5 Å². The molecule has 1 saturated heterocycles. The van der Waals surface area contributed by atoms with Gasteiger partial charge < -0.3 is 15.4 Å². The van der Waals surface area contributed by atoms with E-state index in [1.165, 1.54) is 11.3 Å². The van der Waals surface area contributed by atoms with Gasteiger partial charge in [0.05, 0.1) is 18.9 Å². The highest BCUT2D eigenvalue weighted by molar-refractivity contribution is 7.13. The van der Waals surface area contributed by atoms with Gasteiger partial charge in [0.2, 0.25) is 11.8 Å². The van der Waals surface area contributed by atoms with Crippen LogP contribution in [0.1, 0.15) is 39.3 Å². The molecule has 7 nitrogen and oxygen atoms in total. The largest absolute Gasteiger partial charge is 0.379 e. The predicted octanol–water partition coefficient (Wildman–Crippen LogP) is 1.86. The maximum atomic E-state index is 12.0. The first kappa shape index (κ1) is 19.8. The highest BCUT2D eigenvalue weighted by atomic mass is 32.1. The van der Waals surface area contributed by atoms with Crippen LogP contribution in [0.4, 0.5) is 5.13 Å². The van der Waals surface area contributed by atoms with Gasteiger partial charge >= 0.3 is 0 Å². The second-order valence-corrected chi connectivity index (χ2v) is 8.05. The molecule has 2 N–H and O–H groups in total. The molecule has 25 heavy (non-hydrogen) atoms. The molecule has 0 unspecified atom stereocenters. The Bertz CT molecular complexity index is 577. The van der Waals surface area contributed by atoms with Gasteiger partial charge in [-0.25, -0.2) is 4.98 Å². The number of rotatable bonds is 7. The molecule has 1 aromatic rings. The maximum Gasteiger partial charge on any atom is 0.226 e. The van der Waals surface area contributed by atoms with Crippen LogP contribution in [-0.2, 0) is 20.9 Å². The molecule has 2 amide bonds. The molecule has 0 spiro atoms. The minimum Gasteiger partial charge on any atom is -0.379 e. The molecule has 1 aliphatic rings. The van der Waals surface area contributed by atoms with Gasteiger partial charge in [0.1, 0.15) is 0 Å². The highest BCUT2D eigenvalue weighted by Crippen LogP contribution is 2.17. The van der Waals surface area contributed by atoms with Crippen LogP contribution in [0, 0.1) is 5.41 Å². The van der Waals surface area contributed by atoms with Crippen LogP contribution in [-0.4, -0.2) is 54.5 Å². The van der Waals surface area contributed by atoms with E-state index in [-0.39, 0.29) is 11.8 Å². The average molecular weight is 369 g/mol. The number of ether oxygens (including phenoxy) is 1. The molecule has 140 valence electrons. The Morgan fingerprint density at radius 2 is 2.04 bits per heavy atom. The smallest absolute Gasteiger partial charge is 0.226 e. The lowest BCUT2D eigenvalue weighted by Gasteiger charge is -2.25. The summed E-state index contributed by atoms with van der Waals surface area (Å²) >= 11 is 1.44. The first-order valence-electron chi connectivity index (χ1n) is 8.67. The van der Waals surface area contributed by atoms with Crippen LogP contribution >= 0.6 is 11.3 Å². The summed E-state index contributed by atoms with van der Waals surface area (Å²) in [6.45, 7) is 10.3. The summed E-state index contributed by atoms with van der Waals surface area (Å²) in [7, 11) is 0. The zero-order valence-electron chi connectivity index (χ0n) is 15.3. The third-order valence-electron chi connectivity index (χ3n) is 3.83. The van der Waals surface area contributed by atoms with Gasteiger partial charge in [-0.05, 0) is 6.42 Å². The first-order chi connectivity index (χ1) is 11.8. The molecular weight excluding hydrogens is 340 g/mol. The summed E-state index contributed by atoms with van der Waals surface area (Å²) in [5.41, 5.74) is 0.569. The average Bonchev–Trinajstić information content (AvgIpc) is 2.98. The molecule has 2 rings (SSSR count). The van der Waals surface area contributed by atoms with Crippen molar-refractivity contribution in [1.82, 2.24) is 15.2 Å². The Morgan fingerprint density at radius 1 is 1.32 bits per heavy atom. The lowest BCUT2D eigenvalue weighted by molar-refractivity contribution is -0.128. The van der Waals surface area contributed by atoms with Crippen LogP contribution in [0.3, 0.4) is 0 Å². The van der Waals surface area contributed by atoms with Gasteiger partial charge in [-0.3, -0.25) is 14.5 Å². The summed E-state index contributed by atoms with van der Waals surface area (Å²) in [6.07, 6.45) is 0.975. The molecule has 0 atom stereocenters. The predicted molar refractivity (Wildman–Crippen MR) is 98.5 cm³/mol. The number of thiazole rings is 1. The number of morpholine rings is 1. The second kappa shape index (κ2) is 9.26. The number of hydrogen-bond acceptors (Lipinski definition) is 6. The summed E-state index contributed by atoms with van der Waals surface area (Å²) in [5, 5.41) is 8.29. The van der Waals surface area contributed by atoms with Crippen molar-refractivity contribution in [3.8, 4) is 0 Å². The topological polar surface area (TPSA) is 83.6 Å². The van der Waals surface area contributed by atoms with Gasteiger partial charge in [-0.2, -0.15) is 0 Å². The lowest BCUT2D eigenvalue weighted by Crippen LogP contribution is -2.35. The molecule has 8 heteroatoms. The van der Waals surface area contributed by atoms with Crippen molar-refractivity contribution in [2.24, 2.45) is 5.41 Å². The van der Waals surface area contributed by atoms with Gasteiger partial charge in [0, 0.05) is 43.4 Å². The third-order valence-corrected chi connectivity index (χ3v) is 4.64. The minimum atomic E-state index is -0.403. The van der Waals surface area contributed by atoms with Crippen molar-refractivity contribution in [3.63, 3.8) is 0 Å². The zero-order chi connectivity index (χ0) is 18.3. The Labute approximate surface area is 153 Å². The van der Waals surface area contributed by atoms with Crippen molar-refractivity contribution < 1.29 is 14.3 Å². The zero-order valence-corrected chi connectivity index (χ0v) is 16.1. The number of nitrogens with zero attached hydrogens (tertiary/aromatic N) is 2. The van der Waals surface area contributed by atoms with Crippen LogP contribution in [0.2, 0.25) is 0 Å². The Balaban J connectivity index is 1.66. The van der Waals surface area contributed by atoms with Crippen LogP contribution in [0.15, 0.2) is 5.38 Å². The monoisotopic (exact) mass is 368 g/mol. The van der Waals surface area contributed by atoms with E-state index in [0.29, 0.717) is 24.5 Å². The normalized spacial score (nSPS) is 15.8. The van der Waals surface area contributed by atoms with Crippen molar-refractivity contribution in [1.29, 1.82) is 0 Å². The molecule has 0 saturated carbocycles. The summed E-state index contributed by atoms with van der Waals surface area (Å²) in [6, 6.07) is 0. The molecule has 1 fully saturated rings. The number of hydrogen-bond donors (Lipinski definition) is 2. The van der Waals surface area contributed by atoms with E-state index in [1.54, 1.807) is 0 Å². The number of carbonyl (C=O) groups excluding carboxylic acids is 2. The summed E-state index contributed by atoms with van der Waals surface area (Å²) in [5.74, 6) is -0.0714. The van der Waals surface area contributed by atoms with Gasteiger partial charge in [-0.15, -0.1) is 11.3 Å². The number of anilines is 1. The van der Waals surface area contributed by atoms with Crippen molar-refractivity contribution >= 4 is 28.3 Å². The third kappa shape index (κ3) is 7.09. The quantitative estimate of drug-likeness (QED) is 0.718. The molecule has 1 aromatic heterocycles. The maximum absolute atomic E-state index is 12.0. The molecule has 2 heterocycles. The van der Waals surface area contributed by atoms with Crippen molar-refractivity contribution in [3.05, 3.63) is 11.1 Å². The molecule has 0 bridgehead atoms. The number of nitrogens with one attached hydrogen (secondary N) is 2. The van der Waals surface area contributed by atoms with E-state index in [9.17, 15) is 9.59 Å². The van der Waals surface area contributed by atoms with Crippen LogP contribution < -0.4 is 10.6 Å². The number of aromatic nitrogens is 1. The Kier molecular flexibility index (Phi) is 7.34. The van der Waals surface area contributed by atoms with Crippen molar-refractivity contribution in [2.75, 3.05) is 38.2 Å². The van der Waals surface area contributed by atoms with E-state index in [2.05, 4.69) is 20.5 Å². The Morgan fingerprint density at radius 3 is 2.72 bits per heavy atom. The molecule has 1 aliphatic heterocycles. The van der Waals surface area contributed by atoms with Crippen LogP contribution in [0.25, 0.3) is 0 Å². The standard InChI is InChI=1S/C17H28N4O3S/c1-17(2,3)15(23)18-6-4-5-14(22)20-16-19-13(12-25-16)11-21-7-9-24-10-8-21/h12H,4-11H2,1-3H3,(H,18,23)(H,19,20,22). The molecule has 0 aromatic carbocycles. The van der Waals surface area contributed by atoms with Crippen LogP contribution in [0.5, 0.6) is 0 Å². The fourth-order valence-corrected chi connectivity index (χ4v) is 3.04. The van der Waals surface area contributed by atoms with E-state index in [1.807, 2.05) is 26.2 Å². The van der Waals surface area contributed by atoms with Gasteiger partial charge in [0.25, 0.3) is 0 Å². The fraction of sp³-hybridized carbons (Fsp3) is 0.706. The van der Waals surface area contributed by atoms with E-state index < -0.39 is 5.41 Å². The number of carbonyl (C=O) groups is 2. The SMILES string of the molecule is CC(C)(C)C(=O)NCCCC(=O)Nc1nc(CN2CCOCC2)cs1.